The summed E-state index contributed by atoms with van der Waals surface area (Å²) in [5, 5.41) is 3.64. The summed E-state index contributed by atoms with van der Waals surface area (Å²) in [6, 6.07) is 6.09. The number of rotatable bonds is 8. The van der Waals surface area contributed by atoms with Crippen LogP contribution in [0.5, 0.6) is 11.5 Å². The van der Waals surface area contributed by atoms with Crippen molar-refractivity contribution in [2.24, 2.45) is 0 Å². The lowest BCUT2D eigenvalue weighted by atomic mass is 9.72. The van der Waals surface area contributed by atoms with Gasteiger partial charge in [0.15, 0.2) is 0 Å². The molecule has 0 aliphatic heterocycles. The lowest BCUT2D eigenvalue weighted by Gasteiger charge is -2.47. The monoisotopic (exact) mass is 293 g/mol. The van der Waals surface area contributed by atoms with E-state index in [1.54, 1.807) is 14.2 Å². The van der Waals surface area contributed by atoms with E-state index in [-0.39, 0.29) is 11.6 Å². The summed E-state index contributed by atoms with van der Waals surface area (Å²) >= 11 is 0. The Labute approximate surface area is 127 Å². The summed E-state index contributed by atoms with van der Waals surface area (Å²) in [5.41, 5.74) is 0.987. The molecule has 4 nitrogen and oxygen atoms in total. The van der Waals surface area contributed by atoms with Gasteiger partial charge in [-0.25, -0.2) is 0 Å². The molecular weight excluding hydrogens is 266 g/mol. The van der Waals surface area contributed by atoms with Gasteiger partial charge >= 0.3 is 0 Å². The Hall–Kier alpha value is -1.26. The van der Waals surface area contributed by atoms with E-state index in [0.717, 1.165) is 42.9 Å². The molecule has 4 heteroatoms. The third-order valence-corrected chi connectivity index (χ3v) is 4.48. The van der Waals surface area contributed by atoms with Gasteiger partial charge in [-0.1, -0.05) is 6.92 Å². The maximum atomic E-state index is 5.90. The number of methoxy groups -OCH3 is 3. The summed E-state index contributed by atoms with van der Waals surface area (Å²) in [4.78, 5) is 0. The third kappa shape index (κ3) is 3.16. The average Bonchev–Trinajstić information content (AvgIpc) is 2.49. The number of ether oxygens (including phenoxy) is 3. The number of hydrogen-bond acceptors (Lipinski definition) is 4. The largest absolute Gasteiger partial charge is 0.497 e. The molecule has 0 aromatic heterocycles. The molecule has 1 aromatic carbocycles. The zero-order valence-electron chi connectivity index (χ0n) is 13.6. The minimum Gasteiger partial charge on any atom is -0.497 e. The van der Waals surface area contributed by atoms with Crippen molar-refractivity contribution < 1.29 is 14.2 Å². The van der Waals surface area contributed by atoms with Crippen molar-refractivity contribution in [1.82, 2.24) is 5.32 Å². The molecular formula is C17H27NO3. The number of benzene rings is 1. The number of hydrogen-bond donors (Lipinski definition) is 1. The van der Waals surface area contributed by atoms with Gasteiger partial charge in [0.25, 0.3) is 0 Å². The van der Waals surface area contributed by atoms with Gasteiger partial charge in [-0.2, -0.15) is 0 Å². The Morgan fingerprint density at radius 1 is 1.19 bits per heavy atom. The quantitative estimate of drug-likeness (QED) is 0.798. The summed E-state index contributed by atoms with van der Waals surface area (Å²) in [6.45, 7) is 3.13. The van der Waals surface area contributed by atoms with Gasteiger partial charge in [-0.05, 0) is 50.4 Å². The molecule has 0 amide bonds. The SMILES string of the molecule is CCCNC(c1cc(OC)ccc1OC)C1(OC)CCC1. The van der Waals surface area contributed by atoms with E-state index in [1.165, 1.54) is 6.42 Å². The fourth-order valence-electron chi connectivity index (χ4n) is 3.07. The van der Waals surface area contributed by atoms with E-state index in [1.807, 2.05) is 19.2 Å². The van der Waals surface area contributed by atoms with Crippen LogP contribution in [0.15, 0.2) is 18.2 Å². The van der Waals surface area contributed by atoms with Gasteiger partial charge in [0.05, 0.1) is 25.9 Å². The molecule has 21 heavy (non-hydrogen) atoms. The molecule has 0 bridgehead atoms. The van der Waals surface area contributed by atoms with Crippen LogP contribution < -0.4 is 14.8 Å². The highest BCUT2D eigenvalue weighted by molar-refractivity contribution is 5.44. The van der Waals surface area contributed by atoms with Crippen molar-refractivity contribution in [3.05, 3.63) is 23.8 Å². The molecule has 0 heterocycles. The Balaban J connectivity index is 2.39. The van der Waals surface area contributed by atoms with Crippen LogP contribution in [0.2, 0.25) is 0 Å². The van der Waals surface area contributed by atoms with Gasteiger partial charge in [0.1, 0.15) is 11.5 Å². The van der Waals surface area contributed by atoms with E-state index < -0.39 is 0 Å². The highest BCUT2D eigenvalue weighted by atomic mass is 16.5. The van der Waals surface area contributed by atoms with Crippen molar-refractivity contribution in [2.75, 3.05) is 27.9 Å². The van der Waals surface area contributed by atoms with Crippen molar-refractivity contribution >= 4 is 0 Å². The van der Waals surface area contributed by atoms with Crippen molar-refractivity contribution in [3.8, 4) is 11.5 Å². The molecule has 0 radical (unpaired) electrons. The van der Waals surface area contributed by atoms with Crippen LogP contribution in [0.4, 0.5) is 0 Å². The Morgan fingerprint density at radius 3 is 2.43 bits per heavy atom. The predicted molar refractivity (Wildman–Crippen MR) is 84.2 cm³/mol. The van der Waals surface area contributed by atoms with E-state index in [9.17, 15) is 0 Å². The van der Waals surface area contributed by atoms with Crippen molar-refractivity contribution in [3.63, 3.8) is 0 Å². The first kappa shape index (κ1) is 16.1. The number of nitrogens with one attached hydrogen (secondary N) is 1. The van der Waals surface area contributed by atoms with Gasteiger partial charge in [-0.15, -0.1) is 0 Å². The van der Waals surface area contributed by atoms with Crippen molar-refractivity contribution in [1.29, 1.82) is 0 Å². The van der Waals surface area contributed by atoms with E-state index in [0.29, 0.717) is 0 Å². The van der Waals surface area contributed by atoms with Crippen LogP contribution in [0.25, 0.3) is 0 Å². The molecule has 1 fully saturated rings. The Bertz CT molecular complexity index is 452. The van der Waals surface area contributed by atoms with E-state index >= 15 is 0 Å². The maximum absolute atomic E-state index is 5.90. The molecule has 1 atom stereocenters. The minimum atomic E-state index is -0.130. The van der Waals surface area contributed by atoms with Crippen LogP contribution >= 0.6 is 0 Å². The normalized spacial score (nSPS) is 17.9. The Morgan fingerprint density at radius 2 is 1.95 bits per heavy atom. The molecule has 2 rings (SSSR count). The molecule has 1 aliphatic rings. The first-order valence-electron chi connectivity index (χ1n) is 7.71. The van der Waals surface area contributed by atoms with Gasteiger partial charge in [0.2, 0.25) is 0 Å². The average molecular weight is 293 g/mol. The van der Waals surface area contributed by atoms with E-state index in [2.05, 4.69) is 18.3 Å². The van der Waals surface area contributed by atoms with Crippen LogP contribution in [0.3, 0.4) is 0 Å². The van der Waals surface area contributed by atoms with Gasteiger partial charge < -0.3 is 19.5 Å². The highest BCUT2D eigenvalue weighted by Gasteiger charge is 2.46. The molecule has 0 spiro atoms. The summed E-state index contributed by atoms with van der Waals surface area (Å²) in [7, 11) is 5.21. The zero-order valence-corrected chi connectivity index (χ0v) is 13.6. The molecule has 1 N–H and O–H groups in total. The first-order chi connectivity index (χ1) is 10.2. The fraction of sp³-hybridized carbons (Fsp3) is 0.647. The topological polar surface area (TPSA) is 39.7 Å². The third-order valence-electron chi connectivity index (χ3n) is 4.48. The molecule has 1 unspecified atom stereocenters. The smallest absolute Gasteiger partial charge is 0.124 e. The lowest BCUT2D eigenvalue weighted by Crippen LogP contribution is -2.50. The lowest BCUT2D eigenvalue weighted by molar-refractivity contribution is -0.100. The van der Waals surface area contributed by atoms with Crippen LogP contribution in [0, 0.1) is 0 Å². The van der Waals surface area contributed by atoms with Gasteiger partial charge in [-0.3, -0.25) is 0 Å². The second-order valence-electron chi connectivity index (χ2n) is 5.62. The summed E-state index contributed by atoms with van der Waals surface area (Å²) < 4.78 is 16.8. The second kappa shape index (κ2) is 7.14. The van der Waals surface area contributed by atoms with Gasteiger partial charge in [0, 0.05) is 12.7 Å². The fourth-order valence-corrected chi connectivity index (χ4v) is 3.07. The standard InChI is InChI=1S/C17H27NO3/c1-5-11-18-16(17(21-4)9-6-10-17)14-12-13(19-2)7-8-15(14)20-3/h7-8,12,16,18H,5-6,9-11H2,1-4H3. The highest BCUT2D eigenvalue weighted by Crippen LogP contribution is 2.47. The maximum Gasteiger partial charge on any atom is 0.124 e. The van der Waals surface area contributed by atoms with Crippen LogP contribution in [-0.2, 0) is 4.74 Å². The summed E-state index contributed by atoms with van der Waals surface area (Å²) in [5.74, 6) is 1.73. The van der Waals surface area contributed by atoms with Crippen LogP contribution in [0.1, 0.15) is 44.2 Å². The second-order valence-corrected chi connectivity index (χ2v) is 5.62. The first-order valence-corrected chi connectivity index (χ1v) is 7.71. The molecule has 0 saturated heterocycles. The minimum absolute atomic E-state index is 0.126. The molecule has 1 aromatic rings. The molecule has 118 valence electrons. The van der Waals surface area contributed by atoms with Crippen molar-refractivity contribution in [2.45, 2.75) is 44.2 Å². The van der Waals surface area contributed by atoms with E-state index in [4.69, 9.17) is 14.2 Å². The summed E-state index contributed by atoms with van der Waals surface area (Å²) in [6.07, 6.45) is 4.45. The molecule has 1 saturated carbocycles. The zero-order chi connectivity index (χ0) is 15.3. The predicted octanol–water partition coefficient (Wildman–Crippen LogP) is 3.31. The van der Waals surface area contributed by atoms with Crippen LogP contribution in [-0.4, -0.2) is 33.5 Å². The Kier molecular flexibility index (Phi) is 5.48. The molecule has 1 aliphatic carbocycles.